The second kappa shape index (κ2) is 8.72. The van der Waals surface area contributed by atoms with Gasteiger partial charge in [0.15, 0.2) is 0 Å². The molecule has 146 valence electrons. The van der Waals surface area contributed by atoms with E-state index < -0.39 is 6.10 Å². The number of piperazine rings is 1. The number of rotatable bonds is 6. The Kier molecular flexibility index (Phi) is 6.34. The average Bonchev–Trinajstić information content (AvgIpc) is 2.62. The summed E-state index contributed by atoms with van der Waals surface area (Å²) in [7, 11) is 0. The molecule has 1 fully saturated rings. The number of ether oxygens (including phenoxy) is 1. The molecule has 2 aromatic carbocycles. The summed E-state index contributed by atoms with van der Waals surface area (Å²) in [4.78, 5) is 4.27. The molecular formula is C22H29FN2O2. The minimum atomic E-state index is -0.551. The van der Waals surface area contributed by atoms with Gasteiger partial charge in [-0.1, -0.05) is 29.8 Å². The van der Waals surface area contributed by atoms with Crippen molar-refractivity contribution in [2.75, 3.05) is 44.2 Å². The number of β-amino-alcohol motifs (C(OH)–C–C–N with tert-alkyl or cyclic N) is 1. The van der Waals surface area contributed by atoms with Crippen molar-refractivity contribution in [3.63, 3.8) is 0 Å². The second-order valence-electron chi connectivity index (χ2n) is 7.43. The first kappa shape index (κ1) is 19.6. The molecule has 1 N–H and O–H groups in total. The van der Waals surface area contributed by atoms with Gasteiger partial charge in [0.05, 0.1) is 5.69 Å². The minimum Gasteiger partial charge on any atom is -0.490 e. The van der Waals surface area contributed by atoms with Crippen LogP contribution in [0.25, 0.3) is 0 Å². The number of nitrogens with zero attached hydrogens (tertiary/aromatic N) is 2. The van der Waals surface area contributed by atoms with Gasteiger partial charge in [0.1, 0.15) is 24.3 Å². The summed E-state index contributed by atoms with van der Waals surface area (Å²) in [6, 6.07) is 11.1. The fourth-order valence-corrected chi connectivity index (χ4v) is 3.80. The molecule has 4 nitrogen and oxygen atoms in total. The fraction of sp³-hybridized carbons (Fsp3) is 0.455. The van der Waals surface area contributed by atoms with Crippen LogP contribution in [-0.2, 0) is 0 Å². The Morgan fingerprint density at radius 2 is 1.67 bits per heavy atom. The zero-order chi connectivity index (χ0) is 19.4. The molecule has 0 aliphatic carbocycles. The number of aryl methyl sites for hydroxylation is 3. The van der Waals surface area contributed by atoms with Crippen molar-refractivity contribution in [2.45, 2.75) is 26.9 Å². The molecule has 0 aromatic heterocycles. The third kappa shape index (κ3) is 4.99. The van der Waals surface area contributed by atoms with Gasteiger partial charge in [-0.15, -0.1) is 0 Å². The van der Waals surface area contributed by atoms with Crippen molar-refractivity contribution in [3.8, 4) is 5.75 Å². The predicted octanol–water partition coefficient (Wildman–Crippen LogP) is 3.31. The topological polar surface area (TPSA) is 35.9 Å². The van der Waals surface area contributed by atoms with Gasteiger partial charge in [-0.05, 0) is 44.0 Å². The van der Waals surface area contributed by atoms with Crippen LogP contribution in [0.4, 0.5) is 10.1 Å². The van der Waals surface area contributed by atoms with Gasteiger partial charge >= 0.3 is 0 Å². The zero-order valence-electron chi connectivity index (χ0n) is 16.4. The van der Waals surface area contributed by atoms with Gasteiger partial charge in [-0.25, -0.2) is 4.39 Å². The summed E-state index contributed by atoms with van der Waals surface area (Å²) in [6.45, 7) is 10.1. The maximum absolute atomic E-state index is 13.9. The largest absolute Gasteiger partial charge is 0.490 e. The normalized spacial score (nSPS) is 16.4. The van der Waals surface area contributed by atoms with E-state index in [9.17, 15) is 9.50 Å². The summed E-state index contributed by atoms with van der Waals surface area (Å²) in [5, 5.41) is 10.4. The van der Waals surface area contributed by atoms with Crippen LogP contribution >= 0.6 is 0 Å². The number of halogens is 1. The Balaban J connectivity index is 1.47. The molecule has 3 rings (SSSR count). The minimum absolute atomic E-state index is 0.178. The SMILES string of the molecule is Cc1cc(C)c(OCC(O)CN2CCN(c3ccccc3F)CC2)c(C)c1. The van der Waals surface area contributed by atoms with E-state index in [1.165, 1.54) is 11.6 Å². The van der Waals surface area contributed by atoms with Gasteiger partial charge in [0.2, 0.25) is 0 Å². The molecule has 27 heavy (non-hydrogen) atoms. The molecule has 1 aliphatic heterocycles. The molecule has 0 bridgehead atoms. The van der Waals surface area contributed by atoms with Crippen LogP contribution in [0, 0.1) is 26.6 Å². The summed E-state index contributed by atoms with van der Waals surface area (Å²) < 4.78 is 19.8. The van der Waals surface area contributed by atoms with Gasteiger partial charge in [-0.3, -0.25) is 4.90 Å². The Morgan fingerprint density at radius 3 is 2.30 bits per heavy atom. The van der Waals surface area contributed by atoms with Crippen LogP contribution < -0.4 is 9.64 Å². The maximum Gasteiger partial charge on any atom is 0.146 e. The Labute approximate surface area is 161 Å². The third-order valence-electron chi connectivity index (χ3n) is 5.06. The van der Waals surface area contributed by atoms with E-state index >= 15 is 0 Å². The molecule has 0 saturated carbocycles. The molecule has 2 aromatic rings. The number of anilines is 1. The van der Waals surface area contributed by atoms with E-state index in [0.29, 0.717) is 12.2 Å². The number of para-hydroxylation sites is 1. The maximum atomic E-state index is 13.9. The molecule has 5 heteroatoms. The van der Waals surface area contributed by atoms with Crippen LogP contribution in [0.5, 0.6) is 5.75 Å². The number of benzene rings is 2. The van der Waals surface area contributed by atoms with E-state index in [-0.39, 0.29) is 12.4 Å². The zero-order valence-corrected chi connectivity index (χ0v) is 16.4. The third-order valence-corrected chi connectivity index (χ3v) is 5.06. The number of aliphatic hydroxyl groups excluding tert-OH is 1. The first-order chi connectivity index (χ1) is 12.9. The monoisotopic (exact) mass is 372 g/mol. The number of hydrogen-bond donors (Lipinski definition) is 1. The molecule has 1 saturated heterocycles. The second-order valence-corrected chi connectivity index (χ2v) is 7.43. The van der Waals surface area contributed by atoms with Crippen molar-refractivity contribution in [2.24, 2.45) is 0 Å². The van der Waals surface area contributed by atoms with E-state index in [1.807, 2.05) is 26.0 Å². The van der Waals surface area contributed by atoms with E-state index in [0.717, 1.165) is 43.1 Å². The molecule has 1 unspecified atom stereocenters. The highest BCUT2D eigenvalue weighted by Crippen LogP contribution is 2.25. The van der Waals surface area contributed by atoms with E-state index in [4.69, 9.17) is 4.74 Å². The average molecular weight is 372 g/mol. The summed E-state index contributed by atoms with van der Waals surface area (Å²) in [6.07, 6.45) is -0.551. The lowest BCUT2D eigenvalue weighted by atomic mass is 10.1. The van der Waals surface area contributed by atoms with E-state index in [2.05, 4.69) is 28.9 Å². The highest BCUT2D eigenvalue weighted by atomic mass is 19.1. The Hall–Kier alpha value is -2.11. The molecule has 1 aliphatic rings. The van der Waals surface area contributed by atoms with Crippen molar-refractivity contribution >= 4 is 5.69 Å². The lowest BCUT2D eigenvalue weighted by Crippen LogP contribution is -2.49. The Morgan fingerprint density at radius 1 is 1.04 bits per heavy atom. The lowest BCUT2D eigenvalue weighted by molar-refractivity contribution is 0.0658. The molecule has 0 radical (unpaired) electrons. The van der Waals surface area contributed by atoms with Crippen molar-refractivity contribution in [1.29, 1.82) is 0 Å². The lowest BCUT2D eigenvalue weighted by Gasteiger charge is -2.37. The summed E-state index contributed by atoms with van der Waals surface area (Å²) in [5.74, 6) is 0.687. The Bertz CT molecular complexity index is 750. The summed E-state index contributed by atoms with van der Waals surface area (Å²) >= 11 is 0. The first-order valence-corrected chi connectivity index (χ1v) is 9.54. The van der Waals surface area contributed by atoms with Crippen LogP contribution in [0.2, 0.25) is 0 Å². The van der Waals surface area contributed by atoms with E-state index in [1.54, 1.807) is 6.07 Å². The van der Waals surface area contributed by atoms with Crippen LogP contribution in [0.3, 0.4) is 0 Å². The van der Waals surface area contributed by atoms with Gasteiger partial charge < -0.3 is 14.7 Å². The van der Waals surface area contributed by atoms with Gasteiger partial charge in [0, 0.05) is 32.7 Å². The quantitative estimate of drug-likeness (QED) is 0.844. The molecule has 1 atom stereocenters. The molecular weight excluding hydrogens is 343 g/mol. The number of aliphatic hydroxyl groups is 1. The molecule has 0 amide bonds. The highest BCUT2D eigenvalue weighted by Gasteiger charge is 2.21. The van der Waals surface area contributed by atoms with Gasteiger partial charge in [-0.2, -0.15) is 0 Å². The first-order valence-electron chi connectivity index (χ1n) is 9.54. The fourth-order valence-electron chi connectivity index (χ4n) is 3.80. The molecule has 0 spiro atoms. The highest BCUT2D eigenvalue weighted by molar-refractivity contribution is 5.48. The van der Waals surface area contributed by atoms with Crippen LogP contribution in [-0.4, -0.2) is 55.4 Å². The number of hydrogen-bond acceptors (Lipinski definition) is 4. The molecule has 1 heterocycles. The van der Waals surface area contributed by atoms with Crippen molar-refractivity contribution in [1.82, 2.24) is 4.90 Å². The van der Waals surface area contributed by atoms with Crippen LogP contribution in [0.15, 0.2) is 36.4 Å². The van der Waals surface area contributed by atoms with Crippen LogP contribution in [0.1, 0.15) is 16.7 Å². The smallest absolute Gasteiger partial charge is 0.146 e. The predicted molar refractivity (Wildman–Crippen MR) is 107 cm³/mol. The summed E-state index contributed by atoms with van der Waals surface area (Å²) in [5.41, 5.74) is 4.06. The van der Waals surface area contributed by atoms with Gasteiger partial charge in [0.25, 0.3) is 0 Å². The standard InChI is InChI=1S/C22H29FN2O2/c1-16-12-17(2)22(18(3)13-16)27-15-19(26)14-24-8-10-25(11-9-24)21-7-5-4-6-20(21)23/h4-7,12-13,19,26H,8-11,14-15H2,1-3H3. The van der Waals surface area contributed by atoms with Crippen molar-refractivity contribution in [3.05, 3.63) is 58.9 Å². The van der Waals surface area contributed by atoms with Crippen molar-refractivity contribution < 1.29 is 14.2 Å².